The van der Waals surface area contributed by atoms with Gasteiger partial charge in [-0.1, -0.05) is 56.5 Å². The number of rotatable bonds is 13. The Hall–Kier alpha value is -4.27. The summed E-state index contributed by atoms with van der Waals surface area (Å²) in [6, 6.07) is 7.53. The minimum absolute atomic E-state index is 0.109. The van der Waals surface area contributed by atoms with Gasteiger partial charge in [0.1, 0.15) is 36.3 Å². The third-order valence-electron chi connectivity index (χ3n) is 12.8. The van der Waals surface area contributed by atoms with Crippen molar-refractivity contribution in [2.75, 3.05) is 7.11 Å². The highest BCUT2D eigenvalue weighted by Crippen LogP contribution is 2.36. The van der Waals surface area contributed by atoms with E-state index < -0.39 is 66.1 Å². The van der Waals surface area contributed by atoms with Crippen LogP contribution in [0.1, 0.15) is 172 Å². The summed E-state index contributed by atoms with van der Waals surface area (Å²) in [6.45, 7) is 21.4. The molecule has 0 radical (unpaired) electrons. The first-order chi connectivity index (χ1) is 32.1. The minimum Gasteiger partial charge on any atom is -0.497 e. The van der Waals surface area contributed by atoms with Crippen LogP contribution in [0, 0.1) is 17.8 Å². The number of allylic oxidation sites excluding steroid dienone is 2. The second-order valence-corrected chi connectivity index (χ2v) is 19.7. The molecule has 0 unspecified atom stereocenters. The van der Waals surface area contributed by atoms with Gasteiger partial charge < -0.3 is 42.6 Å². The third-order valence-corrected chi connectivity index (χ3v) is 12.8. The van der Waals surface area contributed by atoms with Gasteiger partial charge in [-0.2, -0.15) is 0 Å². The normalized spacial score (nSPS) is 29.6. The number of ether oxygens (including phenoxy) is 9. The van der Waals surface area contributed by atoms with Crippen LogP contribution < -0.4 is 4.74 Å². The van der Waals surface area contributed by atoms with E-state index in [4.69, 9.17) is 42.6 Å². The van der Waals surface area contributed by atoms with E-state index in [2.05, 4.69) is 13.0 Å². The summed E-state index contributed by atoms with van der Waals surface area (Å²) in [5.41, 5.74) is 2.95. The second-order valence-electron chi connectivity index (χ2n) is 19.7. The minimum atomic E-state index is -0.893. The number of carbonyl (C=O) groups excluding carboxylic acids is 5. The molecule has 0 N–H and O–H groups in total. The molecule has 1 fully saturated rings. The summed E-state index contributed by atoms with van der Waals surface area (Å²) in [7, 11) is 1.60. The molecule has 2 aliphatic heterocycles. The molecule has 2 heterocycles. The Balaban J connectivity index is 2.12. The summed E-state index contributed by atoms with van der Waals surface area (Å²) < 4.78 is 54.9. The summed E-state index contributed by atoms with van der Waals surface area (Å²) in [4.78, 5) is 64.1. The van der Waals surface area contributed by atoms with E-state index >= 15 is 0 Å². The molecule has 68 heavy (non-hydrogen) atoms. The molecule has 1 aromatic rings. The molecule has 2 aliphatic rings. The molecule has 0 spiro atoms. The highest BCUT2D eigenvalue weighted by Gasteiger charge is 2.42. The topological polar surface area (TPSA) is 168 Å². The molecule has 1 saturated heterocycles. The summed E-state index contributed by atoms with van der Waals surface area (Å²) in [5.74, 6) is -3.72. The van der Waals surface area contributed by atoms with Gasteiger partial charge >= 0.3 is 29.8 Å². The lowest BCUT2D eigenvalue weighted by Crippen LogP contribution is -2.49. The van der Waals surface area contributed by atoms with Gasteiger partial charge in [0.05, 0.1) is 37.9 Å². The van der Waals surface area contributed by atoms with E-state index in [-0.39, 0.29) is 55.6 Å². The molecule has 2 bridgehead atoms. The Kier molecular flexibility index (Phi) is 24.8. The first-order valence-corrected chi connectivity index (χ1v) is 24.9. The van der Waals surface area contributed by atoms with E-state index in [0.29, 0.717) is 50.7 Å². The zero-order valence-electron chi connectivity index (χ0n) is 43.4. The average Bonchev–Trinajstić information content (AvgIpc) is 3.24. The first-order valence-electron chi connectivity index (χ1n) is 24.9. The van der Waals surface area contributed by atoms with Crippen LogP contribution in [-0.2, 0) is 68.5 Å². The van der Waals surface area contributed by atoms with Crippen LogP contribution in [0.15, 0.2) is 47.6 Å². The van der Waals surface area contributed by atoms with Crippen LogP contribution >= 0.6 is 0 Å². The Morgan fingerprint density at radius 2 is 1.43 bits per heavy atom. The number of carbonyl (C=O) groups is 5. The fraction of sp³-hybridized carbons (Fsp3) is 0.722. The van der Waals surface area contributed by atoms with Crippen molar-refractivity contribution in [3.8, 4) is 5.75 Å². The smallest absolute Gasteiger partial charge is 0.311 e. The number of methoxy groups -OCH3 is 1. The highest BCUT2D eigenvalue weighted by molar-refractivity contribution is 5.73. The van der Waals surface area contributed by atoms with Crippen LogP contribution in [0.2, 0.25) is 0 Å². The number of hydrogen-bond acceptors (Lipinski definition) is 14. The number of hydrogen-bond donors (Lipinski definition) is 0. The fourth-order valence-corrected chi connectivity index (χ4v) is 9.44. The second kappa shape index (κ2) is 29.0. The predicted octanol–water partition coefficient (Wildman–Crippen LogP) is 10.6. The number of benzene rings is 1. The number of cyclic esters (lactones) is 1. The maximum Gasteiger partial charge on any atom is 0.311 e. The van der Waals surface area contributed by atoms with Crippen LogP contribution in [0.5, 0.6) is 5.75 Å². The largest absolute Gasteiger partial charge is 0.497 e. The fourth-order valence-electron chi connectivity index (χ4n) is 9.44. The van der Waals surface area contributed by atoms with Gasteiger partial charge in [-0.05, 0) is 116 Å². The molecule has 11 atom stereocenters. The quantitative estimate of drug-likeness (QED) is 0.104. The van der Waals surface area contributed by atoms with E-state index in [1.54, 1.807) is 7.11 Å². The van der Waals surface area contributed by atoms with E-state index in [1.807, 2.05) is 78.8 Å². The van der Waals surface area contributed by atoms with Crippen molar-refractivity contribution < 1.29 is 66.6 Å². The lowest BCUT2D eigenvalue weighted by molar-refractivity contribution is -0.311. The molecule has 0 aromatic heterocycles. The van der Waals surface area contributed by atoms with Gasteiger partial charge in [0.2, 0.25) is 0 Å². The van der Waals surface area contributed by atoms with Gasteiger partial charge in [-0.15, -0.1) is 0 Å². The Bertz CT molecular complexity index is 1800. The molecule has 0 aliphatic carbocycles. The van der Waals surface area contributed by atoms with Gasteiger partial charge in [-0.25, -0.2) is 0 Å². The summed E-state index contributed by atoms with van der Waals surface area (Å²) in [5, 5.41) is 0. The maximum atomic E-state index is 14.7. The molecule has 1 aromatic carbocycles. The Morgan fingerprint density at radius 1 is 0.809 bits per heavy atom. The third kappa shape index (κ3) is 21.6. The molecule has 3 rings (SSSR count). The van der Waals surface area contributed by atoms with E-state index in [0.717, 1.165) is 42.4 Å². The van der Waals surface area contributed by atoms with Crippen molar-refractivity contribution in [2.24, 2.45) is 17.8 Å². The Morgan fingerprint density at radius 3 is 2.01 bits per heavy atom. The lowest BCUT2D eigenvalue weighted by atomic mass is 9.87. The standard InChI is InChI=1S/C54H84O14/c1-14-17-45(62-39(7)55)28-35(3)29-50-37(5)51-32-48(67-54(11,12)68-51)19-16-15-18-34(2)20-24-46(63-40(8)56)30-49(65-42(10)58)31-47(64-41(9)57)25-21-36(4)52(38(6)53(59)66-50)61-33-43-22-26-44(60-13)27-23-43/h18,22-23,26-27,29,36-38,45-52H,14-17,19-21,24-25,28,30-33H2,1-13H3/b34-18+,35-29+/t36-,37-,38+,45-,46+,47+,48-,49+,50-,51+,52+/m1/s1. The van der Waals surface area contributed by atoms with Crippen LogP contribution in [0.4, 0.5) is 0 Å². The van der Waals surface area contributed by atoms with Crippen molar-refractivity contribution >= 4 is 29.8 Å². The molecule has 0 amide bonds. The summed E-state index contributed by atoms with van der Waals surface area (Å²) in [6.07, 6.45) is 7.63. The molecular weight excluding hydrogens is 873 g/mol. The number of fused-ring (bicyclic) bond motifs is 2. The molecule has 0 saturated carbocycles. The van der Waals surface area contributed by atoms with Gasteiger partial charge in [0.25, 0.3) is 0 Å². The van der Waals surface area contributed by atoms with Gasteiger partial charge in [0.15, 0.2) is 5.79 Å². The lowest BCUT2D eigenvalue weighted by Gasteiger charge is -2.44. The molecule has 14 nitrogen and oxygen atoms in total. The zero-order valence-corrected chi connectivity index (χ0v) is 43.4. The van der Waals surface area contributed by atoms with Crippen LogP contribution in [0.3, 0.4) is 0 Å². The Labute approximate surface area is 406 Å². The average molecular weight is 957 g/mol. The number of esters is 5. The monoisotopic (exact) mass is 957 g/mol. The summed E-state index contributed by atoms with van der Waals surface area (Å²) >= 11 is 0. The van der Waals surface area contributed by atoms with E-state index in [1.165, 1.54) is 27.7 Å². The van der Waals surface area contributed by atoms with Crippen molar-refractivity contribution in [1.82, 2.24) is 0 Å². The SMILES string of the molecule is CCC[C@H](C/C(C)=C/[C@H]1OC(=O)[C@@H](C)[C@@H](OCc2ccc(OC)cc2)[C@H](C)CC[C@H](OC(C)=O)C[C@@H](OC(C)=O)C[C@@H](OC(C)=O)CC/C(C)=C/CCC[C@@H]2C[C@H](OC(C)(C)O2)[C@@H]1C)OC(C)=O. The highest BCUT2D eigenvalue weighted by atomic mass is 16.7. The predicted molar refractivity (Wildman–Crippen MR) is 258 cm³/mol. The van der Waals surface area contributed by atoms with E-state index in [9.17, 15) is 24.0 Å². The molecule has 14 heteroatoms. The zero-order chi connectivity index (χ0) is 50.6. The van der Waals surface area contributed by atoms with Gasteiger partial charge in [-0.3, -0.25) is 24.0 Å². The maximum absolute atomic E-state index is 14.7. The first kappa shape index (κ1) is 58.0. The van der Waals surface area contributed by atoms with Crippen molar-refractivity contribution in [1.29, 1.82) is 0 Å². The van der Waals surface area contributed by atoms with Crippen LogP contribution in [0.25, 0.3) is 0 Å². The van der Waals surface area contributed by atoms with Crippen molar-refractivity contribution in [2.45, 2.75) is 228 Å². The van der Waals surface area contributed by atoms with Gasteiger partial charge in [0, 0.05) is 59.3 Å². The molecular formula is C54H84O14. The van der Waals surface area contributed by atoms with Crippen molar-refractivity contribution in [3.05, 3.63) is 53.1 Å². The van der Waals surface area contributed by atoms with Crippen molar-refractivity contribution in [3.63, 3.8) is 0 Å². The van der Waals surface area contributed by atoms with Crippen LogP contribution in [-0.4, -0.2) is 91.6 Å². The molecule has 384 valence electrons.